The number of fused-ring (bicyclic) bond motifs is 1. The molecule has 9 heteroatoms. The van der Waals surface area contributed by atoms with Gasteiger partial charge in [0.1, 0.15) is 5.82 Å². The first-order chi connectivity index (χ1) is 21.8. The van der Waals surface area contributed by atoms with E-state index in [1.54, 1.807) is 7.05 Å². The van der Waals surface area contributed by atoms with Gasteiger partial charge in [0.15, 0.2) is 11.2 Å². The molecule has 0 aliphatic heterocycles. The molecule has 232 valence electrons. The van der Waals surface area contributed by atoms with Gasteiger partial charge in [0.05, 0.1) is 18.6 Å². The third-order valence-electron chi connectivity index (χ3n) is 9.16. The van der Waals surface area contributed by atoms with Gasteiger partial charge < -0.3 is 15.0 Å². The van der Waals surface area contributed by atoms with E-state index in [-0.39, 0.29) is 24.3 Å². The second-order valence-corrected chi connectivity index (χ2v) is 12.2. The fourth-order valence-electron chi connectivity index (χ4n) is 6.73. The lowest BCUT2D eigenvalue weighted by Gasteiger charge is -2.26. The lowest BCUT2D eigenvalue weighted by molar-refractivity contribution is -0.124. The van der Waals surface area contributed by atoms with Crippen LogP contribution in [0.25, 0.3) is 22.6 Å². The van der Waals surface area contributed by atoms with Crippen molar-refractivity contribution in [1.29, 1.82) is 0 Å². The van der Waals surface area contributed by atoms with Gasteiger partial charge in [0, 0.05) is 26.2 Å². The summed E-state index contributed by atoms with van der Waals surface area (Å²) in [6.45, 7) is 2.18. The largest absolute Gasteiger partial charge is 0.394 e. The molecule has 1 fully saturated rings. The molecular formula is C36H39N5O4. The van der Waals surface area contributed by atoms with E-state index in [4.69, 9.17) is 4.98 Å². The van der Waals surface area contributed by atoms with Crippen LogP contribution in [0.15, 0.2) is 88.5 Å². The minimum atomic E-state index is -0.477. The molecule has 45 heavy (non-hydrogen) atoms. The fourth-order valence-corrected chi connectivity index (χ4v) is 6.73. The number of carbonyl (C=O) groups is 1. The molecular weight excluding hydrogens is 566 g/mol. The van der Waals surface area contributed by atoms with Gasteiger partial charge in [-0.3, -0.25) is 18.7 Å². The fraction of sp³-hybridized carbons (Fsp3) is 0.333. The summed E-state index contributed by atoms with van der Waals surface area (Å²) in [6, 6.07) is 25.0. The Balaban J connectivity index is 1.36. The molecule has 0 saturated heterocycles. The van der Waals surface area contributed by atoms with Crippen LogP contribution in [-0.2, 0) is 25.4 Å². The van der Waals surface area contributed by atoms with Crippen LogP contribution in [0, 0.1) is 12.8 Å². The second kappa shape index (κ2) is 12.7. The normalized spacial score (nSPS) is 14.9. The van der Waals surface area contributed by atoms with Crippen molar-refractivity contribution in [3.63, 3.8) is 0 Å². The van der Waals surface area contributed by atoms with Crippen molar-refractivity contribution < 1.29 is 9.90 Å². The highest BCUT2D eigenvalue weighted by atomic mass is 16.3. The van der Waals surface area contributed by atoms with Gasteiger partial charge in [0.25, 0.3) is 5.56 Å². The van der Waals surface area contributed by atoms with Crippen LogP contribution >= 0.6 is 0 Å². The van der Waals surface area contributed by atoms with Crippen molar-refractivity contribution in [2.75, 3.05) is 6.61 Å². The number of rotatable bonds is 9. The number of imidazole rings is 1. The number of nitrogens with zero attached hydrogens (tertiary/aromatic N) is 4. The zero-order chi connectivity index (χ0) is 31.7. The molecule has 2 unspecified atom stereocenters. The van der Waals surface area contributed by atoms with E-state index in [0.29, 0.717) is 23.5 Å². The maximum atomic E-state index is 13.8. The summed E-state index contributed by atoms with van der Waals surface area (Å²) in [4.78, 5) is 44.8. The molecule has 0 spiro atoms. The molecule has 5 aromatic rings. The zero-order valence-electron chi connectivity index (χ0n) is 25.9. The van der Waals surface area contributed by atoms with E-state index >= 15 is 0 Å². The SMILES string of the molecule is Cc1cccc(-c2nc3c(c(=O)n(C)c(=O)n3C)n2Cc2ccc(C(C(=O)NC(CO)c3ccccc3)C3CCCC3)cc2)c1. The van der Waals surface area contributed by atoms with Gasteiger partial charge in [-0.05, 0) is 48.4 Å². The van der Waals surface area contributed by atoms with Crippen LogP contribution < -0.4 is 16.6 Å². The molecule has 0 radical (unpaired) electrons. The van der Waals surface area contributed by atoms with E-state index < -0.39 is 17.3 Å². The van der Waals surface area contributed by atoms with Crippen molar-refractivity contribution in [3.05, 3.63) is 122 Å². The number of carbonyl (C=O) groups excluding carboxylic acids is 1. The molecule has 2 heterocycles. The lowest BCUT2D eigenvalue weighted by atomic mass is 9.83. The van der Waals surface area contributed by atoms with Gasteiger partial charge in [0.2, 0.25) is 5.91 Å². The van der Waals surface area contributed by atoms with Crippen molar-refractivity contribution in [1.82, 2.24) is 24.0 Å². The molecule has 0 bridgehead atoms. The number of benzene rings is 3. The Hall–Kier alpha value is -4.76. The van der Waals surface area contributed by atoms with Crippen LogP contribution in [0.1, 0.15) is 59.9 Å². The summed E-state index contributed by atoms with van der Waals surface area (Å²) >= 11 is 0. The Morgan fingerprint density at radius 3 is 2.31 bits per heavy atom. The maximum Gasteiger partial charge on any atom is 0.332 e. The number of hydrogen-bond donors (Lipinski definition) is 2. The predicted octanol–water partition coefficient (Wildman–Crippen LogP) is 4.58. The molecule has 2 N–H and O–H groups in total. The molecule has 6 rings (SSSR count). The Morgan fingerprint density at radius 2 is 1.64 bits per heavy atom. The summed E-state index contributed by atoms with van der Waals surface area (Å²) in [5.41, 5.74) is 4.53. The van der Waals surface area contributed by atoms with Gasteiger partial charge in [-0.15, -0.1) is 0 Å². The van der Waals surface area contributed by atoms with Crippen molar-refractivity contribution in [2.45, 2.75) is 51.1 Å². The summed E-state index contributed by atoms with van der Waals surface area (Å²) < 4.78 is 4.41. The van der Waals surface area contributed by atoms with Crippen molar-refractivity contribution in [2.24, 2.45) is 20.0 Å². The number of aromatic nitrogens is 4. The van der Waals surface area contributed by atoms with Crippen molar-refractivity contribution in [3.8, 4) is 11.4 Å². The molecule has 3 aromatic carbocycles. The molecule has 2 atom stereocenters. The van der Waals surface area contributed by atoms with Gasteiger partial charge in [-0.2, -0.15) is 0 Å². The molecule has 1 aliphatic carbocycles. The van der Waals surface area contributed by atoms with Gasteiger partial charge in [-0.1, -0.05) is 91.2 Å². The molecule has 9 nitrogen and oxygen atoms in total. The van der Waals surface area contributed by atoms with E-state index in [1.165, 1.54) is 11.6 Å². The standard InChI is InChI=1S/C36H39N5O4/c1-23-10-9-15-28(20-23)32-38-33-31(35(44)40(3)36(45)39(33)2)41(32)21-24-16-18-27(19-17-24)30(26-13-7-8-14-26)34(43)37-29(22-42)25-11-5-4-6-12-25/h4-6,9-12,15-20,26,29-30,42H,7-8,13-14,21-22H2,1-3H3,(H,37,43). The third-order valence-corrected chi connectivity index (χ3v) is 9.16. The number of hydrogen-bond acceptors (Lipinski definition) is 5. The van der Waals surface area contributed by atoms with Crippen molar-refractivity contribution >= 4 is 17.1 Å². The first-order valence-electron chi connectivity index (χ1n) is 15.5. The summed E-state index contributed by atoms with van der Waals surface area (Å²) in [6.07, 6.45) is 4.17. The number of nitrogens with one attached hydrogen (secondary N) is 1. The third kappa shape index (κ3) is 5.88. The van der Waals surface area contributed by atoms with E-state index in [0.717, 1.165) is 58.1 Å². The molecule has 1 saturated carbocycles. The highest BCUT2D eigenvalue weighted by Crippen LogP contribution is 2.38. The van der Waals surface area contributed by atoms with E-state index in [1.807, 2.05) is 90.4 Å². The van der Waals surface area contributed by atoms with E-state index in [9.17, 15) is 19.5 Å². The smallest absolute Gasteiger partial charge is 0.332 e. The summed E-state index contributed by atoms with van der Waals surface area (Å²) in [5.74, 6) is 0.415. The Morgan fingerprint density at radius 1 is 0.933 bits per heavy atom. The quantitative estimate of drug-likeness (QED) is 0.256. The number of amides is 1. The average Bonchev–Trinajstić information content (AvgIpc) is 3.72. The first-order valence-corrected chi connectivity index (χ1v) is 15.5. The van der Waals surface area contributed by atoms with Crippen LogP contribution in [0.2, 0.25) is 0 Å². The number of aliphatic hydroxyl groups excluding tert-OH is 1. The number of aryl methyl sites for hydroxylation is 2. The average molecular weight is 606 g/mol. The molecule has 1 aliphatic rings. The zero-order valence-corrected chi connectivity index (χ0v) is 25.9. The first kappa shape index (κ1) is 30.3. The topological polar surface area (TPSA) is 111 Å². The highest BCUT2D eigenvalue weighted by Gasteiger charge is 2.33. The monoisotopic (exact) mass is 605 g/mol. The minimum absolute atomic E-state index is 0.0793. The second-order valence-electron chi connectivity index (χ2n) is 12.2. The Labute approximate surface area is 261 Å². The van der Waals surface area contributed by atoms with Gasteiger partial charge >= 0.3 is 5.69 Å². The van der Waals surface area contributed by atoms with Crippen LogP contribution in [0.3, 0.4) is 0 Å². The Bertz CT molecular complexity index is 1950. The Kier molecular flexibility index (Phi) is 8.54. The van der Waals surface area contributed by atoms with E-state index in [2.05, 4.69) is 5.32 Å². The number of aliphatic hydroxyl groups is 1. The highest BCUT2D eigenvalue weighted by molar-refractivity contribution is 5.84. The maximum absolute atomic E-state index is 13.8. The summed E-state index contributed by atoms with van der Waals surface area (Å²) in [5, 5.41) is 13.2. The summed E-state index contributed by atoms with van der Waals surface area (Å²) in [7, 11) is 3.11. The predicted molar refractivity (Wildman–Crippen MR) is 175 cm³/mol. The van der Waals surface area contributed by atoms with Crippen LogP contribution in [0.4, 0.5) is 0 Å². The van der Waals surface area contributed by atoms with Crippen LogP contribution in [-0.4, -0.2) is 36.3 Å². The lowest BCUT2D eigenvalue weighted by Crippen LogP contribution is -2.37. The van der Waals surface area contributed by atoms with Gasteiger partial charge in [-0.25, -0.2) is 9.78 Å². The molecule has 2 aromatic heterocycles. The molecule has 1 amide bonds. The minimum Gasteiger partial charge on any atom is -0.394 e. The van der Waals surface area contributed by atoms with Crippen LogP contribution in [0.5, 0.6) is 0 Å².